The van der Waals surface area contributed by atoms with Gasteiger partial charge in [0.1, 0.15) is 0 Å². The number of hydrogen-bond donors (Lipinski definition) is 1. The van der Waals surface area contributed by atoms with Crippen molar-refractivity contribution in [1.29, 1.82) is 0 Å². The second kappa shape index (κ2) is 6.87. The summed E-state index contributed by atoms with van der Waals surface area (Å²) in [5.41, 5.74) is 7.79. The third-order valence-electron chi connectivity index (χ3n) is 2.83. The zero-order valence-corrected chi connectivity index (χ0v) is 11.0. The first-order chi connectivity index (χ1) is 8.68. The summed E-state index contributed by atoms with van der Waals surface area (Å²) in [5, 5.41) is 10.9. The van der Waals surface area contributed by atoms with Gasteiger partial charge in [-0.1, -0.05) is 48.5 Å². The standard InChI is InChI=1S/C14H14N2O2.ClH/c15-13(10-11-6-2-1-3-7-11)12-8-4-5-9-14(12)16(17)18;/h1-9,13H,10,15H2;1H. The first-order valence-corrected chi connectivity index (χ1v) is 5.71. The first-order valence-electron chi connectivity index (χ1n) is 5.71. The van der Waals surface area contributed by atoms with Crippen LogP contribution in [0.3, 0.4) is 0 Å². The van der Waals surface area contributed by atoms with Gasteiger partial charge in [0.2, 0.25) is 0 Å². The molecule has 0 fully saturated rings. The van der Waals surface area contributed by atoms with E-state index in [1.165, 1.54) is 6.07 Å². The molecule has 2 aromatic rings. The van der Waals surface area contributed by atoms with Gasteiger partial charge in [-0.3, -0.25) is 10.1 Å². The fraction of sp³-hybridized carbons (Fsp3) is 0.143. The number of para-hydroxylation sites is 1. The number of benzene rings is 2. The van der Waals surface area contributed by atoms with E-state index in [-0.39, 0.29) is 29.1 Å². The summed E-state index contributed by atoms with van der Waals surface area (Å²) in [7, 11) is 0. The second-order valence-corrected chi connectivity index (χ2v) is 4.11. The summed E-state index contributed by atoms with van der Waals surface area (Å²) in [6.45, 7) is 0. The quantitative estimate of drug-likeness (QED) is 0.689. The van der Waals surface area contributed by atoms with Gasteiger partial charge in [-0.15, -0.1) is 12.4 Å². The lowest BCUT2D eigenvalue weighted by atomic mass is 9.98. The van der Waals surface area contributed by atoms with Crippen LogP contribution in [0.1, 0.15) is 17.2 Å². The van der Waals surface area contributed by atoms with Crippen molar-refractivity contribution in [2.45, 2.75) is 12.5 Å². The van der Waals surface area contributed by atoms with Crippen LogP contribution in [-0.2, 0) is 6.42 Å². The van der Waals surface area contributed by atoms with Gasteiger partial charge >= 0.3 is 0 Å². The molecule has 5 heteroatoms. The molecule has 19 heavy (non-hydrogen) atoms. The first kappa shape index (κ1) is 15.1. The van der Waals surface area contributed by atoms with Crippen LogP contribution in [0.25, 0.3) is 0 Å². The van der Waals surface area contributed by atoms with E-state index in [1.54, 1.807) is 18.2 Å². The molecule has 2 rings (SSSR count). The summed E-state index contributed by atoms with van der Waals surface area (Å²) in [4.78, 5) is 10.5. The van der Waals surface area contributed by atoms with Crippen LogP contribution < -0.4 is 5.73 Å². The highest BCUT2D eigenvalue weighted by molar-refractivity contribution is 5.85. The molecule has 0 aliphatic carbocycles. The minimum atomic E-state index is -0.389. The van der Waals surface area contributed by atoms with E-state index < -0.39 is 0 Å². The van der Waals surface area contributed by atoms with Crippen LogP contribution in [-0.4, -0.2) is 4.92 Å². The zero-order chi connectivity index (χ0) is 13.0. The fourth-order valence-electron chi connectivity index (χ4n) is 1.95. The van der Waals surface area contributed by atoms with Gasteiger partial charge in [0.25, 0.3) is 5.69 Å². The Hall–Kier alpha value is -1.91. The predicted octanol–water partition coefficient (Wildman–Crippen LogP) is 3.26. The Morgan fingerprint density at radius 3 is 2.26 bits per heavy atom. The molecule has 0 amide bonds. The van der Waals surface area contributed by atoms with Crippen molar-refractivity contribution in [3.05, 3.63) is 75.8 Å². The van der Waals surface area contributed by atoms with Crippen molar-refractivity contribution in [1.82, 2.24) is 0 Å². The molecule has 0 radical (unpaired) electrons. The molecule has 0 heterocycles. The van der Waals surface area contributed by atoms with Crippen molar-refractivity contribution in [2.75, 3.05) is 0 Å². The van der Waals surface area contributed by atoms with E-state index in [4.69, 9.17) is 5.73 Å². The molecular weight excluding hydrogens is 264 g/mol. The van der Waals surface area contributed by atoms with E-state index in [0.717, 1.165) is 5.56 Å². The maximum absolute atomic E-state index is 10.9. The molecule has 0 aliphatic rings. The number of halogens is 1. The monoisotopic (exact) mass is 278 g/mol. The van der Waals surface area contributed by atoms with Crippen molar-refractivity contribution in [2.24, 2.45) is 5.73 Å². The highest BCUT2D eigenvalue weighted by Crippen LogP contribution is 2.25. The Morgan fingerprint density at radius 2 is 1.63 bits per heavy atom. The Balaban J connectivity index is 0.00000180. The molecule has 0 spiro atoms. The minimum Gasteiger partial charge on any atom is -0.323 e. The predicted molar refractivity (Wildman–Crippen MR) is 77.4 cm³/mol. The SMILES string of the molecule is Cl.NC(Cc1ccccc1)c1ccccc1[N+](=O)[O-]. The Bertz CT molecular complexity index is 546. The minimum absolute atomic E-state index is 0. The second-order valence-electron chi connectivity index (χ2n) is 4.11. The molecule has 0 saturated heterocycles. The van der Waals surface area contributed by atoms with Crippen LogP contribution in [0, 0.1) is 10.1 Å². The molecule has 1 unspecified atom stereocenters. The molecule has 0 bridgehead atoms. The number of rotatable bonds is 4. The third kappa shape index (κ3) is 3.77. The fourth-order valence-corrected chi connectivity index (χ4v) is 1.95. The number of nitrogens with zero attached hydrogens (tertiary/aromatic N) is 1. The van der Waals surface area contributed by atoms with Crippen molar-refractivity contribution in [3.8, 4) is 0 Å². The Labute approximate surface area is 117 Å². The van der Waals surface area contributed by atoms with Crippen molar-refractivity contribution >= 4 is 18.1 Å². The van der Waals surface area contributed by atoms with Crippen LogP contribution in [0.2, 0.25) is 0 Å². The van der Waals surface area contributed by atoms with Gasteiger partial charge in [0.05, 0.1) is 4.92 Å². The van der Waals surface area contributed by atoms with E-state index in [0.29, 0.717) is 12.0 Å². The maximum Gasteiger partial charge on any atom is 0.274 e. The topological polar surface area (TPSA) is 69.2 Å². The van der Waals surface area contributed by atoms with Gasteiger partial charge in [0, 0.05) is 17.7 Å². The van der Waals surface area contributed by atoms with E-state index in [9.17, 15) is 10.1 Å². The highest BCUT2D eigenvalue weighted by Gasteiger charge is 2.18. The average Bonchev–Trinajstić information content (AvgIpc) is 2.40. The van der Waals surface area contributed by atoms with E-state index >= 15 is 0 Å². The lowest BCUT2D eigenvalue weighted by Crippen LogP contribution is -2.15. The summed E-state index contributed by atoms with van der Waals surface area (Å²) in [5.74, 6) is 0. The van der Waals surface area contributed by atoms with Gasteiger partial charge in [0.15, 0.2) is 0 Å². The summed E-state index contributed by atoms with van der Waals surface area (Å²) < 4.78 is 0. The normalized spacial score (nSPS) is 11.4. The third-order valence-corrected chi connectivity index (χ3v) is 2.83. The van der Waals surface area contributed by atoms with Crippen LogP contribution in [0.5, 0.6) is 0 Å². The Morgan fingerprint density at radius 1 is 1.05 bits per heavy atom. The average molecular weight is 279 g/mol. The van der Waals surface area contributed by atoms with Gasteiger partial charge in [-0.05, 0) is 12.0 Å². The van der Waals surface area contributed by atoms with E-state index in [1.807, 2.05) is 30.3 Å². The van der Waals surface area contributed by atoms with Crippen molar-refractivity contribution < 1.29 is 4.92 Å². The highest BCUT2D eigenvalue weighted by atomic mass is 35.5. The molecule has 0 saturated carbocycles. The number of nitro benzene ring substituents is 1. The molecule has 4 nitrogen and oxygen atoms in total. The van der Waals surface area contributed by atoms with Gasteiger partial charge in [-0.25, -0.2) is 0 Å². The molecular formula is C14H15ClN2O2. The van der Waals surface area contributed by atoms with Crippen molar-refractivity contribution in [3.63, 3.8) is 0 Å². The maximum atomic E-state index is 10.9. The molecule has 2 N–H and O–H groups in total. The smallest absolute Gasteiger partial charge is 0.274 e. The lowest BCUT2D eigenvalue weighted by Gasteiger charge is -2.12. The number of nitrogens with two attached hydrogens (primary N) is 1. The van der Waals surface area contributed by atoms with Crippen LogP contribution in [0.15, 0.2) is 54.6 Å². The van der Waals surface area contributed by atoms with Gasteiger partial charge in [-0.2, -0.15) is 0 Å². The zero-order valence-electron chi connectivity index (χ0n) is 10.2. The van der Waals surface area contributed by atoms with E-state index in [2.05, 4.69) is 0 Å². The summed E-state index contributed by atoms with van der Waals surface area (Å²) in [6, 6.07) is 16.0. The van der Waals surface area contributed by atoms with Crippen LogP contribution in [0.4, 0.5) is 5.69 Å². The lowest BCUT2D eigenvalue weighted by molar-refractivity contribution is -0.385. The summed E-state index contributed by atoms with van der Waals surface area (Å²) >= 11 is 0. The number of nitro groups is 1. The van der Waals surface area contributed by atoms with Crippen LogP contribution >= 0.6 is 12.4 Å². The Kier molecular flexibility index (Phi) is 5.48. The summed E-state index contributed by atoms with van der Waals surface area (Å²) in [6.07, 6.45) is 0.589. The molecule has 2 aromatic carbocycles. The molecule has 0 aliphatic heterocycles. The largest absolute Gasteiger partial charge is 0.323 e. The molecule has 1 atom stereocenters. The number of hydrogen-bond acceptors (Lipinski definition) is 3. The molecule has 0 aromatic heterocycles. The van der Waals surface area contributed by atoms with Gasteiger partial charge < -0.3 is 5.73 Å². The molecule has 100 valence electrons.